The zero-order chi connectivity index (χ0) is 10.0. The van der Waals surface area contributed by atoms with Crippen molar-refractivity contribution in [2.24, 2.45) is 0 Å². The molecule has 1 atom stereocenters. The van der Waals surface area contributed by atoms with Crippen molar-refractivity contribution in [1.82, 2.24) is 10.2 Å². The maximum atomic E-state index is 9.10. The van der Waals surface area contributed by atoms with Gasteiger partial charge in [0.1, 0.15) is 0 Å². The van der Waals surface area contributed by atoms with Gasteiger partial charge in [0.15, 0.2) is 0 Å². The Bertz CT molecular complexity index is 186. The van der Waals surface area contributed by atoms with Gasteiger partial charge >= 0.3 is 0 Å². The van der Waals surface area contributed by atoms with Gasteiger partial charge in [-0.25, -0.2) is 0 Å². The summed E-state index contributed by atoms with van der Waals surface area (Å²) in [5.41, 5.74) is 0.214. The molecule has 0 aromatic heterocycles. The predicted octanol–water partition coefficient (Wildman–Crippen LogP) is 0.585. The van der Waals surface area contributed by atoms with Gasteiger partial charge in [-0.15, -0.1) is 0 Å². The molecule has 2 N–H and O–H groups in total. The van der Waals surface area contributed by atoms with Crippen LogP contribution in [-0.2, 0) is 0 Å². The van der Waals surface area contributed by atoms with Gasteiger partial charge in [-0.1, -0.05) is 6.92 Å². The van der Waals surface area contributed by atoms with Crippen LogP contribution in [0.1, 0.15) is 32.6 Å². The molecular weight excluding hydrogens is 176 g/mol. The molecule has 3 heteroatoms. The predicted molar refractivity (Wildman–Crippen MR) is 57.3 cm³/mol. The van der Waals surface area contributed by atoms with E-state index in [2.05, 4.69) is 17.1 Å². The highest BCUT2D eigenvalue weighted by molar-refractivity contribution is 5.01. The van der Waals surface area contributed by atoms with Crippen molar-refractivity contribution < 1.29 is 5.11 Å². The molecule has 0 aromatic rings. The average molecular weight is 198 g/mol. The summed E-state index contributed by atoms with van der Waals surface area (Å²) in [7, 11) is 0. The maximum Gasteiger partial charge on any atom is 0.0449 e. The number of likely N-dealkylation sites (N-methyl/N-ethyl adjacent to an activating group) is 1. The van der Waals surface area contributed by atoms with Crippen LogP contribution >= 0.6 is 0 Å². The van der Waals surface area contributed by atoms with Crippen LogP contribution < -0.4 is 5.32 Å². The summed E-state index contributed by atoms with van der Waals surface area (Å²) in [4.78, 5) is 2.60. The zero-order valence-electron chi connectivity index (χ0n) is 9.13. The normalized spacial score (nSPS) is 33.9. The Morgan fingerprint density at radius 2 is 2.29 bits per heavy atom. The summed E-state index contributed by atoms with van der Waals surface area (Å²) in [6.45, 7) is 5.84. The monoisotopic (exact) mass is 198 g/mol. The van der Waals surface area contributed by atoms with Crippen LogP contribution in [0.2, 0.25) is 0 Å². The smallest absolute Gasteiger partial charge is 0.0449 e. The molecule has 3 nitrogen and oxygen atoms in total. The number of nitrogens with one attached hydrogen (secondary N) is 1. The van der Waals surface area contributed by atoms with E-state index in [1.165, 1.54) is 25.8 Å². The Kier molecular flexibility index (Phi) is 3.10. The molecule has 0 spiro atoms. The van der Waals surface area contributed by atoms with E-state index in [0.717, 1.165) is 25.6 Å². The molecule has 1 heterocycles. The van der Waals surface area contributed by atoms with E-state index >= 15 is 0 Å². The molecule has 1 aliphatic carbocycles. The number of nitrogens with zero attached hydrogens (tertiary/aromatic N) is 1. The molecule has 14 heavy (non-hydrogen) atoms. The molecule has 1 unspecified atom stereocenters. The standard InChI is InChI=1S/C11H22N2O/c1-2-12-11(6-8-14)5-7-13(9-11)10-3-4-10/h10,12,14H,2-9H2,1H3. The molecular formula is C11H22N2O. The van der Waals surface area contributed by atoms with Crippen molar-refractivity contribution in [1.29, 1.82) is 0 Å². The van der Waals surface area contributed by atoms with E-state index in [1.54, 1.807) is 0 Å². The minimum Gasteiger partial charge on any atom is -0.396 e. The Hall–Kier alpha value is -0.120. The lowest BCUT2D eigenvalue weighted by Gasteiger charge is -2.30. The number of hydrogen-bond donors (Lipinski definition) is 2. The van der Waals surface area contributed by atoms with Crippen LogP contribution in [0.25, 0.3) is 0 Å². The van der Waals surface area contributed by atoms with Gasteiger partial charge in [-0.3, -0.25) is 4.90 Å². The highest BCUT2D eigenvalue weighted by Crippen LogP contribution is 2.34. The lowest BCUT2D eigenvalue weighted by molar-refractivity contribution is 0.203. The fourth-order valence-electron chi connectivity index (χ4n) is 2.68. The molecule has 2 aliphatic rings. The Labute approximate surface area is 86.5 Å². The summed E-state index contributed by atoms with van der Waals surface area (Å²) in [5, 5.41) is 12.7. The summed E-state index contributed by atoms with van der Waals surface area (Å²) in [6.07, 6.45) is 4.89. The van der Waals surface area contributed by atoms with Gasteiger partial charge < -0.3 is 10.4 Å². The van der Waals surface area contributed by atoms with Gasteiger partial charge in [0, 0.05) is 31.3 Å². The molecule has 1 aliphatic heterocycles. The molecule has 1 saturated heterocycles. The molecule has 0 bridgehead atoms. The summed E-state index contributed by atoms with van der Waals surface area (Å²) >= 11 is 0. The van der Waals surface area contributed by atoms with Crippen LogP contribution in [0.15, 0.2) is 0 Å². The summed E-state index contributed by atoms with van der Waals surface area (Å²) in [6, 6.07) is 0.870. The minimum absolute atomic E-state index is 0.214. The van der Waals surface area contributed by atoms with E-state index in [4.69, 9.17) is 5.11 Å². The molecule has 2 rings (SSSR count). The second-order valence-electron chi connectivity index (χ2n) is 4.74. The van der Waals surface area contributed by atoms with Crippen molar-refractivity contribution in [3.05, 3.63) is 0 Å². The Balaban J connectivity index is 1.91. The van der Waals surface area contributed by atoms with Crippen LogP contribution in [0, 0.1) is 0 Å². The average Bonchev–Trinajstić information content (AvgIpc) is 2.92. The lowest BCUT2D eigenvalue weighted by atomic mass is 9.94. The van der Waals surface area contributed by atoms with E-state index < -0.39 is 0 Å². The highest BCUT2D eigenvalue weighted by Gasteiger charge is 2.42. The first-order valence-electron chi connectivity index (χ1n) is 5.89. The second kappa shape index (κ2) is 4.17. The minimum atomic E-state index is 0.214. The Morgan fingerprint density at radius 1 is 1.50 bits per heavy atom. The summed E-state index contributed by atoms with van der Waals surface area (Å²) < 4.78 is 0. The molecule has 82 valence electrons. The fraction of sp³-hybridized carbons (Fsp3) is 1.00. The van der Waals surface area contributed by atoms with Crippen LogP contribution in [0.4, 0.5) is 0 Å². The third-order valence-electron chi connectivity index (χ3n) is 3.59. The topological polar surface area (TPSA) is 35.5 Å². The molecule has 0 amide bonds. The van der Waals surface area contributed by atoms with Crippen LogP contribution in [-0.4, -0.2) is 47.8 Å². The zero-order valence-corrected chi connectivity index (χ0v) is 9.13. The van der Waals surface area contributed by atoms with Crippen molar-refractivity contribution in [3.8, 4) is 0 Å². The van der Waals surface area contributed by atoms with Gasteiger partial charge in [-0.05, 0) is 32.2 Å². The first-order valence-corrected chi connectivity index (χ1v) is 5.89. The first kappa shape index (κ1) is 10.4. The summed E-state index contributed by atoms with van der Waals surface area (Å²) in [5.74, 6) is 0. The van der Waals surface area contributed by atoms with E-state index in [9.17, 15) is 0 Å². The van der Waals surface area contributed by atoms with Crippen molar-refractivity contribution in [3.63, 3.8) is 0 Å². The van der Waals surface area contributed by atoms with Gasteiger partial charge in [0.05, 0.1) is 0 Å². The molecule has 0 radical (unpaired) electrons. The third-order valence-corrected chi connectivity index (χ3v) is 3.59. The van der Waals surface area contributed by atoms with E-state index in [-0.39, 0.29) is 5.54 Å². The number of aliphatic hydroxyl groups excluding tert-OH is 1. The number of hydrogen-bond acceptors (Lipinski definition) is 3. The largest absolute Gasteiger partial charge is 0.396 e. The maximum absolute atomic E-state index is 9.10. The second-order valence-corrected chi connectivity index (χ2v) is 4.74. The van der Waals surface area contributed by atoms with Crippen LogP contribution in [0.3, 0.4) is 0 Å². The first-order chi connectivity index (χ1) is 6.79. The van der Waals surface area contributed by atoms with Gasteiger partial charge in [0.2, 0.25) is 0 Å². The van der Waals surface area contributed by atoms with Crippen LogP contribution in [0.5, 0.6) is 0 Å². The SMILES string of the molecule is CCNC1(CCO)CCN(C2CC2)C1. The van der Waals surface area contributed by atoms with Crippen molar-refractivity contribution in [2.75, 3.05) is 26.2 Å². The number of likely N-dealkylation sites (tertiary alicyclic amines) is 1. The quantitative estimate of drug-likeness (QED) is 0.678. The number of aliphatic hydroxyl groups is 1. The fourth-order valence-corrected chi connectivity index (χ4v) is 2.68. The van der Waals surface area contributed by atoms with Gasteiger partial charge in [0.25, 0.3) is 0 Å². The Morgan fingerprint density at radius 3 is 2.86 bits per heavy atom. The third kappa shape index (κ3) is 2.10. The van der Waals surface area contributed by atoms with Crippen molar-refractivity contribution in [2.45, 2.75) is 44.2 Å². The van der Waals surface area contributed by atoms with E-state index in [1.807, 2.05) is 0 Å². The molecule has 1 saturated carbocycles. The highest BCUT2D eigenvalue weighted by atomic mass is 16.3. The molecule has 2 fully saturated rings. The molecule has 0 aromatic carbocycles. The van der Waals surface area contributed by atoms with Crippen molar-refractivity contribution >= 4 is 0 Å². The number of rotatable bonds is 5. The van der Waals surface area contributed by atoms with Gasteiger partial charge in [-0.2, -0.15) is 0 Å². The van der Waals surface area contributed by atoms with E-state index in [0.29, 0.717) is 6.61 Å². The lowest BCUT2D eigenvalue weighted by Crippen LogP contribution is -2.48.